The quantitative estimate of drug-likeness (QED) is 0.563. The molecule has 9 heavy (non-hydrogen) atoms. The van der Waals surface area contributed by atoms with Gasteiger partial charge in [0.15, 0.2) is 0 Å². The highest BCUT2D eigenvalue weighted by Gasteiger charge is 2.22. The number of hydrogen-bond acceptors (Lipinski definition) is 2. The van der Waals surface area contributed by atoms with Gasteiger partial charge >= 0.3 is 0 Å². The van der Waals surface area contributed by atoms with Crippen molar-refractivity contribution >= 4 is 17.8 Å². The number of hydrogen-bond donors (Lipinski definition) is 0. The standard InChI is InChI=1S/C7H13OS/c1-6(2)7(3,4)8-5-9/h6H,1-4H3. The maximum atomic E-state index is 5.06. The second kappa shape index (κ2) is 3.16. The monoisotopic (exact) mass is 145 g/mol. The molecule has 0 heterocycles. The molecule has 0 aliphatic heterocycles. The van der Waals surface area contributed by atoms with Crippen LogP contribution in [-0.4, -0.2) is 11.2 Å². The van der Waals surface area contributed by atoms with E-state index in [0.29, 0.717) is 5.92 Å². The van der Waals surface area contributed by atoms with E-state index in [9.17, 15) is 0 Å². The molecule has 0 aromatic rings. The average molecular weight is 145 g/mol. The first kappa shape index (κ1) is 8.89. The van der Waals surface area contributed by atoms with Crippen molar-refractivity contribution in [3.8, 4) is 0 Å². The van der Waals surface area contributed by atoms with Gasteiger partial charge in [-0.05, 0) is 32.0 Å². The van der Waals surface area contributed by atoms with Gasteiger partial charge in [0.2, 0.25) is 5.55 Å². The molecule has 0 fully saturated rings. The minimum atomic E-state index is -0.165. The van der Waals surface area contributed by atoms with Crippen LogP contribution >= 0.6 is 12.2 Å². The molecule has 1 nitrogen and oxygen atoms in total. The molecule has 53 valence electrons. The molecule has 0 N–H and O–H groups in total. The van der Waals surface area contributed by atoms with Gasteiger partial charge in [0.05, 0.1) is 0 Å². The molecule has 0 aliphatic rings. The molecule has 0 aromatic carbocycles. The normalized spacial score (nSPS) is 11.7. The van der Waals surface area contributed by atoms with Crippen LogP contribution in [0.15, 0.2) is 0 Å². The second-order valence-electron chi connectivity index (χ2n) is 2.94. The molecule has 0 saturated carbocycles. The Morgan fingerprint density at radius 2 is 1.89 bits per heavy atom. The fraction of sp³-hybridized carbons (Fsp3) is 0.857. The molecule has 0 spiro atoms. The largest absolute Gasteiger partial charge is 0.474 e. The van der Waals surface area contributed by atoms with Crippen molar-refractivity contribution in [2.24, 2.45) is 5.92 Å². The first-order chi connectivity index (χ1) is 4.00. The molecule has 0 atom stereocenters. The lowest BCUT2D eigenvalue weighted by Crippen LogP contribution is -2.29. The molecule has 0 rings (SSSR count). The summed E-state index contributed by atoms with van der Waals surface area (Å²) in [5.41, 5.74) is 2.11. The highest BCUT2D eigenvalue weighted by molar-refractivity contribution is 7.78. The molecule has 0 amide bonds. The third-order valence-corrected chi connectivity index (χ3v) is 1.78. The first-order valence-electron chi connectivity index (χ1n) is 3.06. The van der Waals surface area contributed by atoms with Crippen molar-refractivity contribution in [1.82, 2.24) is 0 Å². The lowest BCUT2D eigenvalue weighted by molar-refractivity contribution is 0.0582. The van der Waals surface area contributed by atoms with Crippen molar-refractivity contribution in [2.75, 3.05) is 0 Å². The Bertz CT molecular complexity index is 97.1. The molecule has 0 aliphatic carbocycles. The van der Waals surface area contributed by atoms with Crippen molar-refractivity contribution in [3.63, 3.8) is 0 Å². The highest BCUT2D eigenvalue weighted by atomic mass is 32.1. The number of ether oxygens (including phenoxy) is 1. The van der Waals surface area contributed by atoms with Crippen LogP contribution in [0.4, 0.5) is 0 Å². The van der Waals surface area contributed by atoms with Crippen LogP contribution in [-0.2, 0) is 4.74 Å². The molecular formula is C7H13OS. The molecule has 0 bridgehead atoms. The van der Waals surface area contributed by atoms with Crippen LogP contribution in [0, 0.1) is 5.92 Å². The number of rotatable bonds is 3. The molecule has 1 radical (unpaired) electrons. The zero-order chi connectivity index (χ0) is 7.49. The summed E-state index contributed by atoms with van der Waals surface area (Å²) in [6.45, 7) is 8.17. The van der Waals surface area contributed by atoms with Gasteiger partial charge in [-0.1, -0.05) is 13.8 Å². The molecule has 0 saturated heterocycles. The van der Waals surface area contributed by atoms with Gasteiger partial charge in [-0.25, -0.2) is 0 Å². The Balaban J connectivity index is 3.84. The van der Waals surface area contributed by atoms with E-state index in [4.69, 9.17) is 4.74 Å². The van der Waals surface area contributed by atoms with E-state index in [-0.39, 0.29) is 5.60 Å². The van der Waals surface area contributed by atoms with E-state index < -0.39 is 0 Å². The van der Waals surface area contributed by atoms with Gasteiger partial charge in [0, 0.05) is 0 Å². The SMILES string of the molecule is CC(C)C(C)(C)O[C]=S. The van der Waals surface area contributed by atoms with Gasteiger partial charge in [0.25, 0.3) is 0 Å². The fourth-order valence-electron chi connectivity index (χ4n) is 0.225. The van der Waals surface area contributed by atoms with Gasteiger partial charge in [-0.15, -0.1) is 0 Å². The molecule has 0 aromatic heterocycles. The summed E-state index contributed by atoms with van der Waals surface area (Å²) < 4.78 is 5.06. The first-order valence-corrected chi connectivity index (χ1v) is 3.46. The van der Waals surface area contributed by atoms with Gasteiger partial charge in [-0.2, -0.15) is 0 Å². The van der Waals surface area contributed by atoms with E-state index in [1.807, 2.05) is 13.8 Å². The van der Waals surface area contributed by atoms with Crippen LogP contribution in [0.2, 0.25) is 0 Å². The summed E-state index contributed by atoms with van der Waals surface area (Å²) in [7, 11) is 0. The van der Waals surface area contributed by atoms with Crippen molar-refractivity contribution in [3.05, 3.63) is 0 Å². The highest BCUT2D eigenvalue weighted by Crippen LogP contribution is 2.18. The Labute approximate surface area is 62.4 Å². The Morgan fingerprint density at radius 3 is 2.00 bits per heavy atom. The predicted molar refractivity (Wildman–Crippen MR) is 42.6 cm³/mol. The Morgan fingerprint density at radius 1 is 1.44 bits per heavy atom. The average Bonchev–Trinajstić information content (AvgIpc) is 1.65. The van der Waals surface area contributed by atoms with E-state index in [1.54, 1.807) is 0 Å². The summed E-state index contributed by atoms with van der Waals surface area (Å²) in [4.78, 5) is 0. The zero-order valence-electron chi connectivity index (χ0n) is 6.39. The van der Waals surface area contributed by atoms with Crippen molar-refractivity contribution in [2.45, 2.75) is 33.3 Å². The summed E-state index contributed by atoms with van der Waals surface area (Å²) in [6, 6.07) is 0. The van der Waals surface area contributed by atoms with Crippen LogP contribution < -0.4 is 0 Å². The lowest BCUT2D eigenvalue weighted by atomic mass is 9.95. The smallest absolute Gasteiger partial charge is 0.239 e. The number of thiocarbonyl (C=S) groups is 1. The second-order valence-corrected chi connectivity index (χ2v) is 3.11. The van der Waals surface area contributed by atoms with E-state index in [2.05, 4.69) is 31.6 Å². The summed E-state index contributed by atoms with van der Waals surface area (Å²) in [6.07, 6.45) is 0. The van der Waals surface area contributed by atoms with E-state index >= 15 is 0 Å². The molecule has 2 heteroatoms. The Hall–Kier alpha value is -0.110. The van der Waals surface area contributed by atoms with Crippen LogP contribution in [0.25, 0.3) is 0 Å². The summed E-state index contributed by atoms with van der Waals surface area (Å²) >= 11 is 4.45. The van der Waals surface area contributed by atoms with Gasteiger partial charge in [0.1, 0.15) is 5.60 Å². The van der Waals surface area contributed by atoms with Crippen molar-refractivity contribution < 1.29 is 4.74 Å². The Kier molecular flexibility index (Phi) is 3.12. The fourth-order valence-corrected chi connectivity index (χ4v) is 0.440. The predicted octanol–water partition coefficient (Wildman–Crippen LogP) is 2.27. The zero-order valence-corrected chi connectivity index (χ0v) is 7.21. The minimum Gasteiger partial charge on any atom is -0.474 e. The summed E-state index contributed by atoms with van der Waals surface area (Å²) in [5, 5.41) is 0. The third-order valence-electron chi connectivity index (χ3n) is 1.70. The molecular weight excluding hydrogens is 132 g/mol. The maximum absolute atomic E-state index is 5.06. The maximum Gasteiger partial charge on any atom is 0.239 e. The minimum absolute atomic E-state index is 0.165. The van der Waals surface area contributed by atoms with Gasteiger partial charge < -0.3 is 4.74 Å². The van der Waals surface area contributed by atoms with Crippen LogP contribution in [0.3, 0.4) is 0 Å². The topological polar surface area (TPSA) is 9.23 Å². The van der Waals surface area contributed by atoms with Crippen LogP contribution in [0.1, 0.15) is 27.7 Å². The third kappa shape index (κ3) is 2.80. The van der Waals surface area contributed by atoms with Gasteiger partial charge in [-0.3, -0.25) is 0 Å². The van der Waals surface area contributed by atoms with E-state index in [1.165, 1.54) is 0 Å². The van der Waals surface area contributed by atoms with E-state index in [0.717, 1.165) is 0 Å². The van der Waals surface area contributed by atoms with Crippen molar-refractivity contribution in [1.29, 1.82) is 0 Å². The molecule has 0 unspecified atom stereocenters. The lowest BCUT2D eigenvalue weighted by Gasteiger charge is -2.26. The summed E-state index contributed by atoms with van der Waals surface area (Å²) in [5.74, 6) is 0.466. The van der Waals surface area contributed by atoms with Crippen LogP contribution in [0.5, 0.6) is 0 Å².